The fourth-order valence-corrected chi connectivity index (χ4v) is 6.56. The Hall–Kier alpha value is -3.31. The van der Waals surface area contributed by atoms with Gasteiger partial charge in [0, 0.05) is 37.2 Å². The number of benzene rings is 2. The molecule has 1 aliphatic heterocycles. The van der Waals surface area contributed by atoms with E-state index in [0.29, 0.717) is 37.2 Å². The van der Waals surface area contributed by atoms with Crippen LogP contribution in [-0.4, -0.2) is 47.2 Å². The molecule has 0 bridgehead atoms. The van der Waals surface area contributed by atoms with Crippen LogP contribution in [0.3, 0.4) is 0 Å². The Labute approximate surface area is 227 Å². The van der Waals surface area contributed by atoms with Crippen molar-refractivity contribution in [3.05, 3.63) is 65.6 Å². The molecule has 1 aliphatic rings. The number of sulfonamides is 1. The van der Waals surface area contributed by atoms with Gasteiger partial charge in [-0.05, 0) is 30.0 Å². The zero-order valence-electron chi connectivity index (χ0n) is 21.6. The summed E-state index contributed by atoms with van der Waals surface area (Å²) in [7, 11) is -4.07. The minimum atomic E-state index is -4.07. The molecule has 38 heavy (non-hydrogen) atoms. The van der Waals surface area contributed by atoms with Crippen LogP contribution in [0.2, 0.25) is 0 Å². The monoisotopic (exact) mass is 555 g/mol. The first-order valence-electron chi connectivity index (χ1n) is 12.8. The van der Waals surface area contributed by atoms with Crippen molar-refractivity contribution in [3.8, 4) is 11.1 Å². The number of rotatable bonds is 10. The fourth-order valence-electron chi connectivity index (χ4n) is 4.37. The molecule has 2 aromatic carbocycles. The number of aromatic nitrogens is 2. The van der Waals surface area contributed by atoms with E-state index in [-0.39, 0.29) is 4.90 Å². The number of unbranched alkanes of at least 4 members (excludes halogenated alkanes) is 1. The lowest BCUT2D eigenvalue weighted by molar-refractivity contribution is 0.246. The van der Waals surface area contributed by atoms with Gasteiger partial charge in [0.05, 0.1) is 4.90 Å². The van der Waals surface area contributed by atoms with Crippen molar-refractivity contribution in [1.29, 1.82) is 0 Å². The van der Waals surface area contributed by atoms with Gasteiger partial charge >= 0.3 is 6.03 Å². The zero-order chi connectivity index (χ0) is 27.1. The molecule has 0 aliphatic carbocycles. The average molecular weight is 556 g/mol. The van der Waals surface area contributed by atoms with E-state index < -0.39 is 16.1 Å². The largest absolute Gasteiger partial charge is 0.411 e. The molecule has 0 saturated carbocycles. The predicted molar refractivity (Wildman–Crippen MR) is 149 cm³/mol. The van der Waals surface area contributed by atoms with E-state index >= 15 is 0 Å². The molecular weight excluding hydrogens is 522 g/mol. The lowest BCUT2D eigenvalue weighted by Gasteiger charge is -2.17. The molecule has 2 heterocycles. The number of hydrogen-bond acceptors (Lipinski definition) is 7. The summed E-state index contributed by atoms with van der Waals surface area (Å²) in [5.41, 5.74) is 3.76. The van der Waals surface area contributed by atoms with Gasteiger partial charge in [-0.25, -0.2) is 22.9 Å². The summed E-state index contributed by atoms with van der Waals surface area (Å²) in [6, 6.07) is 13.6. The molecule has 0 spiro atoms. The Morgan fingerprint density at radius 2 is 1.89 bits per heavy atom. The van der Waals surface area contributed by atoms with Crippen molar-refractivity contribution >= 4 is 33.5 Å². The summed E-state index contributed by atoms with van der Waals surface area (Å²) in [4.78, 5) is 16.9. The minimum absolute atomic E-state index is 0.0331. The van der Waals surface area contributed by atoms with E-state index in [2.05, 4.69) is 26.7 Å². The highest BCUT2D eigenvalue weighted by Gasteiger charge is 2.26. The molecule has 11 heteroatoms. The first-order chi connectivity index (χ1) is 18.4. The quantitative estimate of drug-likeness (QED) is 0.238. The molecule has 0 radical (unpaired) electrons. The van der Waals surface area contributed by atoms with E-state index in [1.54, 1.807) is 30.0 Å². The maximum Gasteiger partial charge on any atom is 0.328 e. The predicted octanol–water partition coefficient (Wildman–Crippen LogP) is 5.01. The van der Waals surface area contributed by atoms with Gasteiger partial charge in [-0.3, -0.25) is 0 Å². The number of hydrogen-bond donors (Lipinski definition) is 3. The average Bonchev–Trinajstić information content (AvgIpc) is 3.28. The highest BCUT2D eigenvalue weighted by molar-refractivity contribution is 7.99. The number of thioether (sulfide) groups is 1. The third-order valence-electron chi connectivity index (χ3n) is 6.29. The number of oxime groups is 1. The summed E-state index contributed by atoms with van der Waals surface area (Å²) < 4.78 is 30.2. The van der Waals surface area contributed by atoms with E-state index in [1.165, 1.54) is 6.07 Å². The molecular formula is C27H33N5O4S2. The van der Waals surface area contributed by atoms with E-state index in [4.69, 9.17) is 4.98 Å². The van der Waals surface area contributed by atoms with Gasteiger partial charge in [-0.1, -0.05) is 67.9 Å². The van der Waals surface area contributed by atoms with Crippen LogP contribution in [0.15, 0.2) is 63.6 Å². The van der Waals surface area contributed by atoms with E-state index in [0.717, 1.165) is 52.7 Å². The maximum atomic E-state index is 13.0. The topological polar surface area (TPSA) is 126 Å². The molecule has 3 N–H and O–H groups in total. The third kappa shape index (κ3) is 6.21. The van der Waals surface area contributed by atoms with Crippen molar-refractivity contribution < 1.29 is 18.4 Å². The third-order valence-corrected chi connectivity index (χ3v) is 8.64. The molecule has 2 amide bonds. The summed E-state index contributed by atoms with van der Waals surface area (Å²) >= 11 is 1.68. The Morgan fingerprint density at radius 1 is 1.13 bits per heavy atom. The minimum Gasteiger partial charge on any atom is -0.411 e. The molecule has 1 aromatic heterocycles. The van der Waals surface area contributed by atoms with Crippen molar-refractivity contribution in [2.75, 3.05) is 12.3 Å². The van der Waals surface area contributed by atoms with Crippen molar-refractivity contribution in [2.24, 2.45) is 5.16 Å². The number of carbonyl (C=O) groups excluding carboxylic acids is 1. The van der Waals surface area contributed by atoms with Crippen LogP contribution in [0.1, 0.15) is 56.6 Å². The van der Waals surface area contributed by atoms with Gasteiger partial charge in [-0.15, -0.1) is 11.8 Å². The van der Waals surface area contributed by atoms with Crippen LogP contribution in [0.25, 0.3) is 11.1 Å². The molecule has 0 unspecified atom stereocenters. The van der Waals surface area contributed by atoms with Gasteiger partial charge in [0.2, 0.25) is 0 Å². The fraction of sp³-hybridized carbons (Fsp3) is 0.370. The van der Waals surface area contributed by atoms with Crippen LogP contribution in [0.5, 0.6) is 0 Å². The van der Waals surface area contributed by atoms with Crippen LogP contribution in [0.4, 0.5) is 4.79 Å². The molecule has 202 valence electrons. The number of carbonyl (C=O) groups is 1. The Balaban J connectivity index is 1.62. The van der Waals surface area contributed by atoms with E-state index in [9.17, 15) is 18.4 Å². The zero-order valence-corrected chi connectivity index (χ0v) is 23.2. The maximum absolute atomic E-state index is 13.0. The van der Waals surface area contributed by atoms with Crippen LogP contribution in [0, 0.1) is 0 Å². The summed E-state index contributed by atoms with van der Waals surface area (Å²) in [6.45, 7) is 4.97. The van der Waals surface area contributed by atoms with Gasteiger partial charge < -0.3 is 15.1 Å². The number of urea groups is 1. The van der Waals surface area contributed by atoms with Crippen LogP contribution >= 0.6 is 11.8 Å². The number of nitrogens with one attached hydrogen (secondary N) is 2. The Kier molecular flexibility index (Phi) is 9.11. The second kappa shape index (κ2) is 12.5. The summed E-state index contributed by atoms with van der Waals surface area (Å²) in [6.07, 6.45) is 4.29. The number of aryl methyl sites for hydroxylation is 1. The molecule has 0 atom stereocenters. The van der Waals surface area contributed by atoms with Gasteiger partial charge in [0.1, 0.15) is 22.3 Å². The second-order valence-corrected chi connectivity index (χ2v) is 11.8. The van der Waals surface area contributed by atoms with Crippen molar-refractivity contribution in [3.63, 3.8) is 0 Å². The normalized spacial score (nSPS) is 14.3. The lowest BCUT2D eigenvalue weighted by atomic mass is 10.0. The Bertz CT molecular complexity index is 1420. The highest BCUT2D eigenvalue weighted by atomic mass is 32.2. The molecule has 3 aromatic rings. The Morgan fingerprint density at radius 3 is 2.61 bits per heavy atom. The first-order valence-corrected chi connectivity index (χ1v) is 15.3. The standard InChI is InChI=1S/C27H33N5O4S2/c1-3-5-10-24-29-26-25(22(30-34)15-17-37-26)32(24)18-19-11-13-20(14-12-19)21-8-6-7-9-23(21)38(35,36)31-27(33)28-16-4-2/h6-9,11-14,34H,3-5,10,15-18H2,1-2H3,(H2,28,31,33)/b30-22+. The molecule has 4 rings (SSSR count). The van der Waals surface area contributed by atoms with Crippen LogP contribution < -0.4 is 10.0 Å². The summed E-state index contributed by atoms with van der Waals surface area (Å²) in [5.74, 6) is 1.81. The molecule has 0 fully saturated rings. The molecule has 9 nitrogen and oxygen atoms in total. The number of amides is 2. The number of nitrogens with zero attached hydrogens (tertiary/aromatic N) is 3. The number of imidazole rings is 1. The SMILES string of the molecule is CCCCc1nc2c(n1Cc1ccc(-c3ccccc3S(=O)(=O)NC(=O)NCCC)cc1)/C(=N/O)CCS2. The van der Waals surface area contributed by atoms with Crippen LogP contribution in [-0.2, 0) is 23.0 Å². The number of fused-ring (bicyclic) bond motifs is 1. The molecule has 0 saturated heterocycles. The van der Waals surface area contributed by atoms with Crippen molar-refractivity contribution in [1.82, 2.24) is 19.6 Å². The summed E-state index contributed by atoms with van der Waals surface area (Å²) in [5, 5.41) is 16.6. The first kappa shape index (κ1) is 27.7. The smallest absolute Gasteiger partial charge is 0.328 e. The van der Waals surface area contributed by atoms with E-state index in [1.807, 2.05) is 31.2 Å². The van der Waals surface area contributed by atoms with Gasteiger partial charge in [-0.2, -0.15) is 0 Å². The van der Waals surface area contributed by atoms with Gasteiger partial charge in [0.25, 0.3) is 10.0 Å². The highest BCUT2D eigenvalue weighted by Crippen LogP contribution is 2.32. The van der Waals surface area contributed by atoms with Crippen molar-refractivity contribution in [2.45, 2.75) is 62.4 Å². The second-order valence-electron chi connectivity index (χ2n) is 9.07. The lowest BCUT2D eigenvalue weighted by Crippen LogP contribution is -2.39. The van der Waals surface area contributed by atoms with Gasteiger partial charge in [0.15, 0.2) is 0 Å².